The summed E-state index contributed by atoms with van der Waals surface area (Å²) in [5.74, 6) is -19.3. The molecule has 0 spiro atoms. The molecular weight excluding hydrogens is 295 g/mol. The fourth-order valence-electron chi connectivity index (χ4n) is 0.896. The summed E-state index contributed by atoms with van der Waals surface area (Å²) in [5, 5.41) is 0. The van der Waals surface area contributed by atoms with E-state index in [1.807, 2.05) is 0 Å². The van der Waals surface area contributed by atoms with Crippen molar-refractivity contribution in [1.82, 2.24) is 0 Å². The Hall–Kier alpha value is -0.930. The largest absolute Gasteiger partial charge is 0.426 e. The molecular formula is C9H9F9O. The van der Waals surface area contributed by atoms with Crippen LogP contribution in [0, 0.1) is 0 Å². The van der Waals surface area contributed by atoms with E-state index in [1.165, 1.54) is 0 Å². The first-order valence-electron chi connectivity index (χ1n) is 4.66. The van der Waals surface area contributed by atoms with E-state index in [1.54, 1.807) is 0 Å². The molecule has 0 aliphatic rings. The Labute approximate surface area is 102 Å². The molecule has 19 heavy (non-hydrogen) atoms. The first-order chi connectivity index (χ1) is 8.25. The number of hydrogen-bond donors (Lipinski definition) is 0. The lowest BCUT2D eigenvalue weighted by atomic mass is 10.0. The molecule has 1 atom stereocenters. The quantitative estimate of drug-likeness (QED) is 0.509. The Balaban J connectivity index is 5.55. The number of halogens is 9. The monoisotopic (exact) mass is 304 g/mol. The van der Waals surface area contributed by atoms with Crippen LogP contribution < -0.4 is 0 Å². The average molecular weight is 304 g/mol. The Kier molecular flexibility index (Phi) is 4.96. The second-order valence-corrected chi connectivity index (χ2v) is 3.50. The van der Waals surface area contributed by atoms with Gasteiger partial charge < -0.3 is 4.74 Å². The molecule has 0 N–H and O–H groups in total. The van der Waals surface area contributed by atoms with Gasteiger partial charge in [0.25, 0.3) is 0 Å². The minimum Gasteiger partial charge on any atom is -0.311 e. The predicted octanol–water partition coefficient (Wildman–Crippen LogP) is 4.05. The van der Waals surface area contributed by atoms with Gasteiger partial charge in [0, 0.05) is 0 Å². The summed E-state index contributed by atoms with van der Waals surface area (Å²) in [6, 6.07) is 0. The highest BCUT2D eigenvalue weighted by Gasteiger charge is 2.82. The third kappa shape index (κ3) is 2.82. The summed E-state index contributed by atoms with van der Waals surface area (Å²) in [7, 11) is 0. The molecule has 0 amide bonds. The van der Waals surface area contributed by atoms with Crippen LogP contribution in [0.4, 0.5) is 39.5 Å². The molecule has 1 nitrogen and oxygen atoms in total. The first-order valence-corrected chi connectivity index (χ1v) is 4.66. The third-order valence-electron chi connectivity index (χ3n) is 2.06. The van der Waals surface area contributed by atoms with Gasteiger partial charge in [0.05, 0.1) is 6.61 Å². The summed E-state index contributed by atoms with van der Waals surface area (Å²) in [6.45, 7) is 1.33. The predicted molar refractivity (Wildman–Crippen MR) is 46.5 cm³/mol. The molecule has 0 aliphatic carbocycles. The minimum atomic E-state index is -6.65. The maximum absolute atomic E-state index is 12.9. The molecule has 10 heteroatoms. The van der Waals surface area contributed by atoms with Gasteiger partial charge in [-0.15, -0.1) is 6.58 Å². The molecule has 114 valence electrons. The van der Waals surface area contributed by atoms with Crippen LogP contribution in [0.3, 0.4) is 0 Å². The lowest BCUT2D eigenvalue weighted by Crippen LogP contribution is -2.65. The summed E-state index contributed by atoms with van der Waals surface area (Å²) >= 11 is 0. The van der Waals surface area contributed by atoms with Gasteiger partial charge >= 0.3 is 23.9 Å². The number of rotatable bonds is 7. The summed E-state index contributed by atoms with van der Waals surface area (Å²) in [4.78, 5) is 0. The highest BCUT2D eigenvalue weighted by Crippen LogP contribution is 2.54. The molecule has 1 unspecified atom stereocenters. The van der Waals surface area contributed by atoms with Gasteiger partial charge in [0.1, 0.15) is 0 Å². The van der Waals surface area contributed by atoms with Crippen molar-refractivity contribution >= 4 is 0 Å². The van der Waals surface area contributed by atoms with Crippen LogP contribution >= 0.6 is 0 Å². The third-order valence-corrected chi connectivity index (χ3v) is 2.06. The van der Waals surface area contributed by atoms with E-state index in [0.717, 1.165) is 0 Å². The molecule has 0 rings (SSSR count). The van der Waals surface area contributed by atoms with Crippen molar-refractivity contribution in [2.45, 2.75) is 37.0 Å². The maximum atomic E-state index is 12.9. The summed E-state index contributed by atoms with van der Waals surface area (Å²) in [6.07, 6.45) is -9.19. The molecule has 0 aliphatic heterocycles. The maximum Gasteiger partial charge on any atom is 0.426 e. The highest BCUT2D eigenvalue weighted by molar-refractivity contribution is 5.03. The topological polar surface area (TPSA) is 9.23 Å². The minimum absolute atomic E-state index is 0.160. The highest BCUT2D eigenvalue weighted by atomic mass is 19.4. The van der Waals surface area contributed by atoms with Crippen LogP contribution in [0.1, 0.15) is 6.92 Å². The van der Waals surface area contributed by atoms with Gasteiger partial charge in [-0.25, -0.2) is 4.39 Å². The van der Waals surface area contributed by atoms with Gasteiger partial charge in [0.15, 0.2) is 6.17 Å². The van der Waals surface area contributed by atoms with Crippen LogP contribution in [-0.4, -0.2) is 36.7 Å². The van der Waals surface area contributed by atoms with Crippen LogP contribution in [0.15, 0.2) is 12.7 Å². The number of hydrogen-bond acceptors (Lipinski definition) is 1. The van der Waals surface area contributed by atoms with Crippen LogP contribution in [0.25, 0.3) is 0 Å². The fraction of sp³-hybridized carbons (Fsp3) is 0.778. The number of ether oxygens (including phenoxy) is 1. The zero-order chi connectivity index (χ0) is 15.7. The standard InChI is InChI=1S/C9H9F9O/c1-3-4-19-9(17,18)8(15,16)7(13,14)6(11,12)5(2)10/h3,5H,1,4H2,2H3. The van der Waals surface area contributed by atoms with Crippen molar-refractivity contribution < 1.29 is 44.3 Å². The Morgan fingerprint density at radius 3 is 1.74 bits per heavy atom. The van der Waals surface area contributed by atoms with E-state index < -0.39 is 36.7 Å². The molecule has 0 bridgehead atoms. The zero-order valence-electron chi connectivity index (χ0n) is 9.38. The van der Waals surface area contributed by atoms with Crippen LogP contribution in [0.2, 0.25) is 0 Å². The van der Waals surface area contributed by atoms with Crippen molar-refractivity contribution in [3.8, 4) is 0 Å². The molecule has 0 aromatic carbocycles. The molecule has 0 saturated carbocycles. The number of alkyl halides is 9. The van der Waals surface area contributed by atoms with Crippen molar-refractivity contribution in [3.63, 3.8) is 0 Å². The zero-order valence-corrected chi connectivity index (χ0v) is 9.38. The van der Waals surface area contributed by atoms with Crippen molar-refractivity contribution in [1.29, 1.82) is 0 Å². The van der Waals surface area contributed by atoms with Gasteiger partial charge in [-0.05, 0) is 6.92 Å². The van der Waals surface area contributed by atoms with E-state index in [9.17, 15) is 39.5 Å². The molecule has 0 radical (unpaired) electrons. The van der Waals surface area contributed by atoms with Gasteiger partial charge in [-0.3, -0.25) is 0 Å². The van der Waals surface area contributed by atoms with Gasteiger partial charge in [0.2, 0.25) is 0 Å². The van der Waals surface area contributed by atoms with E-state index in [4.69, 9.17) is 0 Å². The van der Waals surface area contributed by atoms with Crippen LogP contribution in [0.5, 0.6) is 0 Å². The lowest BCUT2D eigenvalue weighted by molar-refractivity contribution is -0.429. The molecule has 0 saturated heterocycles. The Morgan fingerprint density at radius 2 is 1.42 bits per heavy atom. The molecule has 0 fully saturated rings. The molecule has 0 heterocycles. The molecule has 0 aromatic rings. The van der Waals surface area contributed by atoms with Crippen molar-refractivity contribution in [3.05, 3.63) is 12.7 Å². The second-order valence-electron chi connectivity index (χ2n) is 3.50. The van der Waals surface area contributed by atoms with Gasteiger partial charge in [-0.1, -0.05) is 6.08 Å². The lowest BCUT2D eigenvalue weighted by Gasteiger charge is -2.36. The molecule has 0 aromatic heterocycles. The summed E-state index contributed by atoms with van der Waals surface area (Å²) in [5.41, 5.74) is 0. The fourth-order valence-corrected chi connectivity index (χ4v) is 0.896. The van der Waals surface area contributed by atoms with Gasteiger partial charge in [-0.2, -0.15) is 35.1 Å². The van der Waals surface area contributed by atoms with Crippen molar-refractivity contribution in [2.75, 3.05) is 6.61 Å². The smallest absolute Gasteiger partial charge is 0.311 e. The van der Waals surface area contributed by atoms with E-state index in [2.05, 4.69) is 11.3 Å². The first kappa shape index (κ1) is 18.1. The average Bonchev–Trinajstić information content (AvgIpc) is 2.25. The normalized spacial score (nSPS) is 16.3. The summed E-state index contributed by atoms with van der Waals surface area (Å²) < 4.78 is 117. The van der Waals surface area contributed by atoms with E-state index in [0.29, 0.717) is 6.08 Å². The van der Waals surface area contributed by atoms with E-state index >= 15 is 0 Å². The van der Waals surface area contributed by atoms with Crippen molar-refractivity contribution in [2.24, 2.45) is 0 Å². The Bertz CT molecular complexity index is 324. The van der Waals surface area contributed by atoms with E-state index in [-0.39, 0.29) is 6.92 Å². The van der Waals surface area contributed by atoms with Crippen LogP contribution in [-0.2, 0) is 4.74 Å². The Morgan fingerprint density at radius 1 is 1.00 bits per heavy atom. The second kappa shape index (κ2) is 5.22. The SMILES string of the molecule is C=CCOC(F)(F)C(F)(F)C(F)(F)C(F)(F)C(C)F.